The molecule has 1 saturated heterocycles. The summed E-state index contributed by atoms with van der Waals surface area (Å²) in [6.07, 6.45) is -5.33. The lowest BCUT2D eigenvalue weighted by Gasteiger charge is -2.35. The fraction of sp³-hybridized carbons (Fsp3) is 0.421. The molecule has 16 heteroatoms. The highest BCUT2D eigenvalue weighted by Gasteiger charge is 2.46. The zero-order valence-corrected chi connectivity index (χ0v) is 29.4. The maximum atomic E-state index is 15.3. The standard InChI is InChI=1S/C38H39FN4O11/c1-3-38(50)22-9-26-31-20(12-43(26)34(47)21(22)14-52-36(38)48)30-24(6-5-19-16(2)23(39)10-25(41-31)29(19)30)42-37(49)53-13-17-4-7-28(18(8-17)11-40)54-35-33(46)32(45)27(44)15-51-35/h4,7-10,24,27,32-33,35,44-46,50H,3,5-6,11-15,40H2,1-2H3,(H,42,49)/t24-,27+,32-,33+,35-,38-/m0/s1. The number of carbonyl (C=O) groups excluding carboxylic acids is 2. The van der Waals surface area contributed by atoms with Crippen LogP contribution >= 0.6 is 0 Å². The number of pyridine rings is 2. The molecule has 0 unspecified atom stereocenters. The van der Waals surface area contributed by atoms with E-state index < -0.39 is 59.7 Å². The number of nitrogens with zero attached hydrogens (tertiary/aromatic N) is 2. The smallest absolute Gasteiger partial charge is 0.407 e. The number of aliphatic hydroxyl groups excluding tert-OH is 3. The summed E-state index contributed by atoms with van der Waals surface area (Å²) in [4.78, 5) is 44.8. The molecule has 1 fully saturated rings. The Morgan fingerprint density at radius 2 is 1.94 bits per heavy atom. The van der Waals surface area contributed by atoms with Gasteiger partial charge in [-0.25, -0.2) is 19.0 Å². The number of aliphatic hydroxyl groups is 4. The first-order chi connectivity index (χ1) is 25.8. The zero-order chi connectivity index (χ0) is 38.2. The lowest BCUT2D eigenvalue weighted by molar-refractivity contribution is -0.242. The third-order valence-corrected chi connectivity index (χ3v) is 11.1. The number of nitrogens with one attached hydrogen (secondary N) is 1. The van der Waals surface area contributed by atoms with Gasteiger partial charge in [-0.05, 0) is 66.6 Å². The number of ether oxygens (including phenoxy) is 4. The van der Waals surface area contributed by atoms with Crippen molar-refractivity contribution in [3.63, 3.8) is 0 Å². The second-order valence-corrected chi connectivity index (χ2v) is 14.1. The molecule has 0 saturated carbocycles. The van der Waals surface area contributed by atoms with Gasteiger partial charge in [0.25, 0.3) is 5.56 Å². The van der Waals surface area contributed by atoms with Crippen LogP contribution in [0.5, 0.6) is 5.75 Å². The number of hydrogen-bond acceptors (Lipinski definition) is 13. The number of benzene rings is 2. The molecule has 4 aromatic rings. The molecule has 0 spiro atoms. The molecule has 284 valence electrons. The Bertz CT molecular complexity index is 2300. The molecule has 1 aliphatic carbocycles. The van der Waals surface area contributed by atoms with E-state index in [9.17, 15) is 34.8 Å². The molecule has 2 aromatic carbocycles. The second kappa shape index (κ2) is 13.4. The van der Waals surface area contributed by atoms with Crippen LogP contribution in [0, 0.1) is 12.7 Å². The summed E-state index contributed by atoms with van der Waals surface area (Å²) in [5.74, 6) is -0.995. The summed E-state index contributed by atoms with van der Waals surface area (Å²) in [6, 6.07) is 7.21. The topological polar surface area (TPSA) is 225 Å². The number of carbonyl (C=O) groups is 2. The van der Waals surface area contributed by atoms with Crippen LogP contribution in [0.15, 0.2) is 35.1 Å². The fourth-order valence-corrected chi connectivity index (χ4v) is 8.04. The number of amides is 1. The SMILES string of the molecule is CC[C@@]1(O)C(=O)OCc2c1cc1n(c2=O)Cc2c-1nc1cc(F)c(C)c3c1c2[C@@H](NC(=O)OCc1ccc(O[C@@H]2OC[C@@H](O)[C@H](O)[C@H]2O)c(CN)c1)CC3. The minimum atomic E-state index is -2.01. The lowest BCUT2D eigenvalue weighted by atomic mass is 9.81. The number of cyclic esters (lactones) is 1. The summed E-state index contributed by atoms with van der Waals surface area (Å²) in [6.45, 7) is 2.79. The van der Waals surface area contributed by atoms with Gasteiger partial charge in [-0.2, -0.15) is 0 Å². The number of nitrogens with two attached hydrogens (primary N) is 1. The predicted octanol–water partition coefficient (Wildman–Crippen LogP) is 1.72. The molecule has 0 radical (unpaired) electrons. The van der Waals surface area contributed by atoms with E-state index in [0.29, 0.717) is 62.9 Å². The molecule has 5 heterocycles. The first kappa shape index (κ1) is 36.0. The zero-order valence-electron chi connectivity index (χ0n) is 29.4. The van der Waals surface area contributed by atoms with Crippen molar-refractivity contribution in [2.24, 2.45) is 5.73 Å². The molecule has 7 N–H and O–H groups in total. The van der Waals surface area contributed by atoms with Crippen molar-refractivity contribution in [1.82, 2.24) is 14.9 Å². The highest BCUT2D eigenvalue weighted by molar-refractivity contribution is 5.93. The fourth-order valence-electron chi connectivity index (χ4n) is 8.04. The van der Waals surface area contributed by atoms with Gasteiger partial charge >= 0.3 is 12.1 Å². The molecule has 15 nitrogen and oxygen atoms in total. The van der Waals surface area contributed by atoms with Crippen molar-refractivity contribution >= 4 is 23.0 Å². The summed E-state index contributed by atoms with van der Waals surface area (Å²) in [5.41, 5.74) is 8.60. The number of alkyl carbamates (subject to hydrolysis) is 1. The van der Waals surface area contributed by atoms with Crippen LogP contribution in [0.4, 0.5) is 9.18 Å². The number of halogens is 1. The van der Waals surface area contributed by atoms with E-state index in [2.05, 4.69) is 5.32 Å². The minimum Gasteiger partial charge on any atom is -0.462 e. The van der Waals surface area contributed by atoms with Gasteiger partial charge < -0.3 is 55.0 Å². The van der Waals surface area contributed by atoms with E-state index in [-0.39, 0.29) is 56.2 Å². The van der Waals surface area contributed by atoms with E-state index >= 15 is 4.39 Å². The molecule has 54 heavy (non-hydrogen) atoms. The van der Waals surface area contributed by atoms with Crippen LogP contribution in [0.25, 0.3) is 22.3 Å². The summed E-state index contributed by atoms with van der Waals surface area (Å²) < 4.78 is 38.7. The number of esters is 1. The van der Waals surface area contributed by atoms with E-state index in [0.717, 1.165) is 5.56 Å². The van der Waals surface area contributed by atoms with Crippen LogP contribution < -0.4 is 21.3 Å². The van der Waals surface area contributed by atoms with Gasteiger partial charge in [0.05, 0.1) is 41.7 Å². The average Bonchev–Trinajstić information content (AvgIpc) is 3.54. The van der Waals surface area contributed by atoms with Gasteiger partial charge in [0.2, 0.25) is 6.29 Å². The van der Waals surface area contributed by atoms with Gasteiger partial charge in [-0.3, -0.25) is 4.79 Å². The van der Waals surface area contributed by atoms with Crippen LogP contribution in [0.2, 0.25) is 0 Å². The van der Waals surface area contributed by atoms with E-state index in [1.807, 2.05) is 0 Å². The lowest BCUT2D eigenvalue weighted by Crippen LogP contribution is -2.54. The normalized spacial score (nSPS) is 25.4. The van der Waals surface area contributed by atoms with Gasteiger partial charge in [-0.15, -0.1) is 0 Å². The molecule has 3 aliphatic heterocycles. The van der Waals surface area contributed by atoms with Gasteiger partial charge in [0.15, 0.2) is 5.60 Å². The number of aryl methyl sites for hydroxylation is 1. The Morgan fingerprint density at radius 1 is 1.15 bits per heavy atom. The van der Waals surface area contributed by atoms with E-state index in [4.69, 9.17) is 29.7 Å². The monoisotopic (exact) mass is 746 g/mol. The van der Waals surface area contributed by atoms with E-state index in [1.54, 1.807) is 38.1 Å². The van der Waals surface area contributed by atoms with Gasteiger partial charge in [-0.1, -0.05) is 13.0 Å². The first-order valence-corrected chi connectivity index (χ1v) is 17.7. The molecule has 8 rings (SSSR count). The number of rotatable bonds is 7. The Labute approximate surface area is 307 Å². The number of aromatic nitrogens is 2. The van der Waals surface area contributed by atoms with Crippen molar-refractivity contribution in [3.05, 3.63) is 91.0 Å². The maximum absolute atomic E-state index is 15.3. The summed E-state index contributed by atoms with van der Waals surface area (Å²) >= 11 is 0. The van der Waals surface area contributed by atoms with Crippen LogP contribution in [-0.2, 0) is 57.3 Å². The molecule has 6 atom stereocenters. The minimum absolute atomic E-state index is 0.0191. The quantitative estimate of drug-likeness (QED) is 0.131. The van der Waals surface area contributed by atoms with Crippen molar-refractivity contribution in [3.8, 4) is 17.1 Å². The van der Waals surface area contributed by atoms with Crippen LogP contribution in [0.3, 0.4) is 0 Å². The maximum Gasteiger partial charge on any atom is 0.407 e. The Kier molecular flexibility index (Phi) is 8.94. The first-order valence-electron chi connectivity index (χ1n) is 17.7. The highest BCUT2D eigenvalue weighted by atomic mass is 19.1. The average molecular weight is 747 g/mol. The van der Waals surface area contributed by atoms with Crippen LogP contribution in [0.1, 0.15) is 70.3 Å². The van der Waals surface area contributed by atoms with Crippen molar-refractivity contribution in [2.75, 3.05) is 6.61 Å². The van der Waals surface area contributed by atoms with Crippen molar-refractivity contribution < 1.29 is 53.4 Å². The molecule has 0 bridgehead atoms. The Balaban J connectivity index is 1.08. The molecule has 4 aliphatic rings. The van der Waals surface area contributed by atoms with E-state index in [1.165, 1.54) is 10.6 Å². The number of hydrogen-bond donors (Lipinski definition) is 6. The Hall–Kier alpha value is -4.97. The summed E-state index contributed by atoms with van der Waals surface area (Å²) in [5, 5.41) is 45.0. The second-order valence-electron chi connectivity index (χ2n) is 14.1. The molecular weight excluding hydrogens is 707 g/mol. The molecule has 2 aromatic heterocycles. The van der Waals surface area contributed by atoms with Crippen molar-refractivity contribution in [2.45, 2.75) is 95.7 Å². The molecule has 1 amide bonds. The van der Waals surface area contributed by atoms with Crippen LogP contribution in [-0.4, -0.2) is 73.2 Å². The van der Waals surface area contributed by atoms with Gasteiger partial charge in [0, 0.05) is 34.7 Å². The van der Waals surface area contributed by atoms with Gasteiger partial charge in [0.1, 0.15) is 43.1 Å². The third kappa shape index (κ3) is 5.63. The Morgan fingerprint density at radius 3 is 2.70 bits per heavy atom. The van der Waals surface area contributed by atoms with Crippen molar-refractivity contribution in [1.29, 1.82) is 0 Å². The summed E-state index contributed by atoms with van der Waals surface area (Å²) in [7, 11) is 0. The molecular formula is C38H39FN4O11. The third-order valence-electron chi connectivity index (χ3n) is 11.1. The predicted molar refractivity (Wildman–Crippen MR) is 186 cm³/mol. The highest BCUT2D eigenvalue weighted by Crippen LogP contribution is 2.46. The largest absolute Gasteiger partial charge is 0.462 e. The number of fused-ring (bicyclic) bond motifs is 5.